The van der Waals surface area contributed by atoms with Gasteiger partial charge in [-0.15, -0.1) is 0 Å². The van der Waals surface area contributed by atoms with Crippen molar-refractivity contribution in [1.82, 2.24) is 0 Å². The Hall–Kier alpha value is -2.86. The smallest absolute Gasteiger partial charge is 0.255 e. The molecule has 0 saturated carbocycles. The minimum absolute atomic E-state index is 0.154. The van der Waals surface area contributed by atoms with Gasteiger partial charge >= 0.3 is 0 Å². The van der Waals surface area contributed by atoms with Crippen molar-refractivity contribution in [3.8, 4) is 5.75 Å². The highest BCUT2D eigenvalue weighted by Crippen LogP contribution is 2.21. The highest BCUT2D eigenvalue weighted by Gasteiger charge is 2.23. The van der Waals surface area contributed by atoms with E-state index in [-0.39, 0.29) is 23.7 Å². The lowest BCUT2D eigenvalue weighted by molar-refractivity contribution is -0.124. The molecule has 130 valence electrons. The molecule has 6 heteroatoms. The predicted molar refractivity (Wildman–Crippen MR) is 94.8 cm³/mol. The molecule has 1 saturated heterocycles. The summed E-state index contributed by atoms with van der Waals surface area (Å²) in [6.45, 7) is 2.42. The van der Waals surface area contributed by atoms with Crippen molar-refractivity contribution in [2.75, 3.05) is 17.2 Å². The van der Waals surface area contributed by atoms with Crippen LogP contribution in [0.15, 0.2) is 42.5 Å². The number of hydrogen-bond acceptors (Lipinski definition) is 4. The summed E-state index contributed by atoms with van der Waals surface area (Å²) in [5.41, 5.74) is 2.51. The number of carbonyl (C=O) groups excluding carboxylic acids is 2. The van der Waals surface area contributed by atoms with Crippen LogP contribution in [0.25, 0.3) is 0 Å². The lowest BCUT2D eigenvalue weighted by Crippen LogP contribution is -2.26. The number of anilines is 2. The van der Waals surface area contributed by atoms with Gasteiger partial charge in [0.15, 0.2) is 0 Å². The van der Waals surface area contributed by atoms with E-state index < -0.39 is 0 Å². The first-order valence-corrected chi connectivity index (χ1v) is 8.16. The van der Waals surface area contributed by atoms with Crippen molar-refractivity contribution in [3.63, 3.8) is 0 Å². The van der Waals surface area contributed by atoms with Crippen molar-refractivity contribution >= 4 is 23.2 Å². The number of hydrogen-bond donors (Lipinski definition) is 3. The van der Waals surface area contributed by atoms with Crippen molar-refractivity contribution in [2.45, 2.75) is 25.9 Å². The van der Waals surface area contributed by atoms with Crippen LogP contribution >= 0.6 is 0 Å². The number of rotatable bonds is 4. The van der Waals surface area contributed by atoms with Crippen LogP contribution in [0.2, 0.25) is 0 Å². The number of amides is 2. The molecule has 6 nitrogen and oxygen atoms in total. The Morgan fingerprint density at radius 2 is 1.88 bits per heavy atom. The Kier molecular flexibility index (Phi) is 5.00. The van der Waals surface area contributed by atoms with E-state index in [0.717, 1.165) is 18.4 Å². The monoisotopic (exact) mass is 340 g/mol. The van der Waals surface area contributed by atoms with E-state index in [2.05, 4.69) is 10.6 Å². The zero-order valence-corrected chi connectivity index (χ0v) is 13.9. The highest BCUT2D eigenvalue weighted by molar-refractivity contribution is 6.05. The maximum Gasteiger partial charge on any atom is 0.255 e. The van der Waals surface area contributed by atoms with Gasteiger partial charge in [0.2, 0.25) is 0 Å². The van der Waals surface area contributed by atoms with Gasteiger partial charge < -0.3 is 20.5 Å². The quantitative estimate of drug-likeness (QED) is 0.747. The van der Waals surface area contributed by atoms with Crippen LogP contribution in [0.4, 0.5) is 11.4 Å². The van der Waals surface area contributed by atoms with Crippen LogP contribution in [-0.2, 0) is 9.53 Å². The Morgan fingerprint density at radius 1 is 1.12 bits per heavy atom. The number of carbonyl (C=O) groups is 2. The van der Waals surface area contributed by atoms with Crippen LogP contribution < -0.4 is 10.6 Å². The lowest BCUT2D eigenvalue weighted by atomic mass is 10.1. The van der Waals surface area contributed by atoms with Gasteiger partial charge in [0.1, 0.15) is 11.9 Å². The summed E-state index contributed by atoms with van der Waals surface area (Å²) in [4.78, 5) is 24.3. The number of aryl methyl sites for hydroxylation is 1. The van der Waals surface area contributed by atoms with Crippen molar-refractivity contribution in [3.05, 3.63) is 53.6 Å². The SMILES string of the molecule is Cc1cc(O)ccc1NC(=O)c1ccc(NC(=O)C2CCCO2)cc1. The second kappa shape index (κ2) is 7.36. The molecule has 25 heavy (non-hydrogen) atoms. The third-order valence-corrected chi connectivity index (χ3v) is 4.09. The Morgan fingerprint density at radius 3 is 2.52 bits per heavy atom. The summed E-state index contributed by atoms with van der Waals surface area (Å²) < 4.78 is 5.34. The predicted octanol–water partition coefficient (Wildman–Crippen LogP) is 3.07. The number of aromatic hydroxyl groups is 1. The van der Waals surface area contributed by atoms with Gasteiger partial charge in [-0.1, -0.05) is 0 Å². The fraction of sp³-hybridized carbons (Fsp3) is 0.263. The molecule has 0 radical (unpaired) electrons. The molecule has 1 atom stereocenters. The molecule has 1 aliphatic rings. The molecule has 2 aromatic carbocycles. The maximum atomic E-state index is 12.3. The molecule has 0 aromatic heterocycles. The third kappa shape index (κ3) is 4.16. The van der Waals surface area contributed by atoms with Gasteiger partial charge in [0.25, 0.3) is 11.8 Å². The molecule has 1 unspecified atom stereocenters. The Labute approximate surface area is 145 Å². The average Bonchev–Trinajstić information content (AvgIpc) is 3.13. The highest BCUT2D eigenvalue weighted by atomic mass is 16.5. The number of ether oxygens (including phenoxy) is 1. The molecule has 3 N–H and O–H groups in total. The second-order valence-electron chi connectivity index (χ2n) is 6.02. The van der Waals surface area contributed by atoms with E-state index in [9.17, 15) is 14.7 Å². The maximum absolute atomic E-state index is 12.3. The first kappa shape index (κ1) is 17.0. The Bertz CT molecular complexity index is 781. The van der Waals surface area contributed by atoms with Crippen molar-refractivity contribution < 1.29 is 19.4 Å². The Balaban J connectivity index is 1.63. The molecule has 1 fully saturated rings. The summed E-state index contributed by atoms with van der Waals surface area (Å²) in [6, 6.07) is 11.4. The molecule has 0 bridgehead atoms. The van der Waals surface area contributed by atoms with Gasteiger partial charge in [-0.2, -0.15) is 0 Å². The van der Waals surface area contributed by atoms with Gasteiger partial charge in [0.05, 0.1) is 0 Å². The molecular formula is C19H20N2O4. The molecule has 3 rings (SSSR count). The fourth-order valence-electron chi connectivity index (χ4n) is 2.69. The van der Waals surface area contributed by atoms with E-state index >= 15 is 0 Å². The zero-order chi connectivity index (χ0) is 17.8. The minimum Gasteiger partial charge on any atom is -0.508 e. The van der Waals surface area contributed by atoms with E-state index in [4.69, 9.17) is 4.74 Å². The molecule has 2 aromatic rings. The van der Waals surface area contributed by atoms with Crippen LogP contribution in [0.5, 0.6) is 5.75 Å². The third-order valence-electron chi connectivity index (χ3n) is 4.09. The van der Waals surface area contributed by atoms with E-state index in [1.54, 1.807) is 43.3 Å². The molecule has 0 spiro atoms. The van der Waals surface area contributed by atoms with Crippen molar-refractivity contribution in [2.24, 2.45) is 0 Å². The first-order valence-electron chi connectivity index (χ1n) is 8.16. The van der Waals surface area contributed by atoms with Gasteiger partial charge in [-0.05, 0) is 67.8 Å². The normalized spacial score (nSPS) is 16.4. The van der Waals surface area contributed by atoms with Crippen molar-refractivity contribution in [1.29, 1.82) is 0 Å². The molecule has 0 aliphatic carbocycles. The average molecular weight is 340 g/mol. The standard InChI is InChI=1S/C19H20N2O4/c1-12-11-15(22)8-9-16(12)21-18(23)13-4-6-14(7-5-13)20-19(24)17-3-2-10-25-17/h4-9,11,17,22H,2-3,10H2,1H3,(H,20,24)(H,21,23). The largest absolute Gasteiger partial charge is 0.508 e. The number of benzene rings is 2. The summed E-state index contributed by atoms with van der Waals surface area (Å²) in [5.74, 6) is -0.262. The van der Waals surface area contributed by atoms with E-state index in [1.165, 1.54) is 6.07 Å². The van der Waals surface area contributed by atoms with Crippen LogP contribution in [-0.4, -0.2) is 29.6 Å². The summed E-state index contributed by atoms with van der Waals surface area (Å²) in [6.07, 6.45) is 1.24. The van der Waals surface area contributed by atoms with Gasteiger partial charge in [-0.3, -0.25) is 9.59 Å². The molecule has 1 aliphatic heterocycles. The summed E-state index contributed by atoms with van der Waals surface area (Å²) in [7, 11) is 0. The number of phenols is 1. The van der Waals surface area contributed by atoms with Gasteiger partial charge in [-0.25, -0.2) is 0 Å². The topological polar surface area (TPSA) is 87.7 Å². The number of nitrogens with one attached hydrogen (secondary N) is 2. The zero-order valence-electron chi connectivity index (χ0n) is 13.9. The van der Waals surface area contributed by atoms with Gasteiger partial charge in [0, 0.05) is 23.5 Å². The molecular weight excluding hydrogens is 320 g/mol. The fourth-order valence-corrected chi connectivity index (χ4v) is 2.69. The first-order chi connectivity index (χ1) is 12.0. The van der Waals surface area contributed by atoms with E-state index in [0.29, 0.717) is 23.5 Å². The second-order valence-corrected chi connectivity index (χ2v) is 6.02. The number of phenolic OH excluding ortho intramolecular Hbond substituents is 1. The minimum atomic E-state index is -0.388. The van der Waals surface area contributed by atoms with Crippen LogP contribution in [0, 0.1) is 6.92 Å². The summed E-state index contributed by atoms with van der Waals surface area (Å²) in [5, 5.41) is 15.0. The lowest BCUT2D eigenvalue weighted by Gasteiger charge is -2.11. The molecule has 2 amide bonds. The summed E-state index contributed by atoms with van der Waals surface area (Å²) >= 11 is 0. The molecule has 1 heterocycles. The van der Waals surface area contributed by atoms with Crippen LogP contribution in [0.3, 0.4) is 0 Å². The van der Waals surface area contributed by atoms with Crippen LogP contribution in [0.1, 0.15) is 28.8 Å². The van der Waals surface area contributed by atoms with E-state index in [1.807, 2.05) is 0 Å².